The van der Waals surface area contributed by atoms with Crippen LogP contribution in [0, 0.1) is 0 Å². The predicted molar refractivity (Wildman–Crippen MR) is 159 cm³/mol. The van der Waals surface area contributed by atoms with E-state index >= 15 is 0 Å². The van der Waals surface area contributed by atoms with Crippen LogP contribution in [0.15, 0.2) is 0 Å². The lowest BCUT2D eigenvalue weighted by atomic mass is 9.95. The molecule has 0 bridgehead atoms. The van der Waals surface area contributed by atoms with Gasteiger partial charge in [-0.3, -0.25) is 9.59 Å². The maximum absolute atomic E-state index is 12.8. The third kappa shape index (κ3) is 7.51. The summed E-state index contributed by atoms with van der Waals surface area (Å²) < 4.78 is 10.9. The Hall–Kier alpha value is -2.72. The highest BCUT2D eigenvalue weighted by molar-refractivity contribution is 7.17. The fraction of sp³-hybridized carbons (Fsp3) is 0.600. The minimum absolute atomic E-state index is 0.178. The van der Waals surface area contributed by atoms with E-state index in [4.69, 9.17) is 9.47 Å². The fourth-order valence-electron chi connectivity index (χ4n) is 5.24. The third-order valence-electron chi connectivity index (χ3n) is 7.00. The molecule has 2 aliphatic rings. The summed E-state index contributed by atoms with van der Waals surface area (Å²) >= 11 is 2.95. The number of fused-ring (bicyclic) bond motifs is 2. The van der Waals surface area contributed by atoms with Gasteiger partial charge in [0.05, 0.1) is 23.3 Å². The van der Waals surface area contributed by atoms with Crippen molar-refractivity contribution in [3.05, 3.63) is 32.0 Å². The first-order valence-electron chi connectivity index (χ1n) is 14.4. The van der Waals surface area contributed by atoms with Gasteiger partial charge >= 0.3 is 11.9 Å². The summed E-state index contributed by atoms with van der Waals surface area (Å²) in [4.78, 5) is 53.5. The van der Waals surface area contributed by atoms with E-state index in [1.54, 1.807) is 0 Å². The van der Waals surface area contributed by atoms with E-state index in [-0.39, 0.29) is 48.8 Å². The van der Waals surface area contributed by atoms with E-state index in [2.05, 4.69) is 10.6 Å². The van der Waals surface area contributed by atoms with Gasteiger partial charge in [-0.25, -0.2) is 9.59 Å². The molecule has 2 heterocycles. The van der Waals surface area contributed by atoms with Gasteiger partial charge in [0.1, 0.15) is 10.0 Å². The average Bonchev–Trinajstić information content (AvgIpc) is 3.43. The number of thiophene rings is 2. The lowest BCUT2D eigenvalue weighted by Gasteiger charge is -2.14. The highest BCUT2D eigenvalue weighted by Crippen LogP contribution is 2.40. The minimum Gasteiger partial charge on any atom is -0.459 e. The maximum Gasteiger partial charge on any atom is 0.341 e. The van der Waals surface area contributed by atoms with Crippen LogP contribution in [-0.4, -0.2) is 36.0 Å². The lowest BCUT2D eigenvalue weighted by molar-refractivity contribution is -0.118. The van der Waals surface area contributed by atoms with Crippen molar-refractivity contribution in [2.75, 3.05) is 10.6 Å². The molecule has 0 atom stereocenters. The van der Waals surface area contributed by atoms with Gasteiger partial charge in [0.15, 0.2) is 0 Å². The van der Waals surface area contributed by atoms with Crippen LogP contribution < -0.4 is 10.6 Å². The number of amides is 2. The zero-order chi connectivity index (χ0) is 28.8. The van der Waals surface area contributed by atoms with Crippen molar-refractivity contribution >= 4 is 56.4 Å². The summed E-state index contributed by atoms with van der Waals surface area (Å²) in [5.74, 6) is -1.12. The van der Waals surface area contributed by atoms with Crippen molar-refractivity contribution in [2.24, 2.45) is 0 Å². The monoisotopic (exact) mass is 588 g/mol. The maximum atomic E-state index is 12.8. The average molecular weight is 589 g/mol. The molecule has 0 unspecified atom stereocenters. The molecule has 2 aromatic heterocycles. The van der Waals surface area contributed by atoms with Crippen LogP contribution in [0.2, 0.25) is 0 Å². The number of esters is 2. The lowest BCUT2D eigenvalue weighted by Crippen LogP contribution is -2.18. The fourth-order valence-corrected chi connectivity index (χ4v) is 7.82. The normalized spacial score (nSPS) is 14.4. The van der Waals surface area contributed by atoms with E-state index < -0.39 is 0 Å². The Morgan fingerprint density at radius 2 is 1.02 bits per heavy atom. The van der Waals surface area contributed by atoms with Gasteiger partial charge in [-0.15, -0.1) is 22.7 Å². The van der Waals surface area contributed by atoms with Crippen molar-refractivity contribution in [3.63, 3.8) is 0 Å². The number of aryl methyl sites for hydroxylation is 2. The Kier molecular flexibility index (Phi) is 10.4. The van der Waals surface area contributed by atoms with Crippen molar-refractivity contribution in [2.45, 2.75) is 117 Å². The molecule has 0 aliphatic heterocycles. The number of anilines is 2. The van der Waals surface area contributed by atoms with Gasteiger partial charge in [-0.1, -0.05) is 0 Å². The molecule has 4 rings (SSSR count). The smallest absolute Gasteiger partial charge is 0.341 e. The number of unbranched alkanes of at least 4 members (excludes halogenated alkanes) is 1. The third-order valence-corrected chi connectivity index (χ3v) is 9.41. The summed E-state index contributed by atoms with van der Waals surface area (Å²) in [6.45, 7) is 7.26. The molecule has 0 aromatic carbocycles. The van der Waals surface area contributed by atoms with Crippen LogP contribution in [0.4, 0.5) is 10.0 Å². The molecular formula is C30H40N2O6S2. The Bertz CT molecular complexity index is 1160. The van der Waals surface area contributed by atoms with E-state index in [9.17, 15) is 19.2 Å². The molecule has 10 heteroatoms. The summed E-state index contributed by atoms with van der Waals surface area (Å²) in [6.07, 6.45) is 8.74. The van der Waals surface area contributed by atoms with Gasteiger partial charge in [-0.2, -0.15) is 0 Å². The van der Waals surface area contributed by atoms with E-state index in [0.717, 1.165) is 72.2 Å². The zero-order valence-corrected chi connectivity index (χ0v) is 25.5. The first-order chi connectivity index (χ1) is 19.1. The second-order valence-electron chi connectivity index (χ2n) is 11.0. The molecule has 2 aliphatic carbocycles. The second kappa shape index (κ2) is 13.8. The number of carbonyl (C=O) groups excluding carboxylic acids is 4. The number of rotatable bonds is 11. The molecule has 0 spiro atoms. The first-order valence-corrected chi connectivity index (χ1v) is 16.1. The van der Waals surface area contributed by atoms with E-state index in [0.29, 0.717) is 34.0 Å². The molecule has 218 valence electrons. The first kappa shape index (κ1) is 30.2. The number of ether oxygens (including phenoxy) is 2. The van der Waals surface area contributed by atoms with Crippen LogP contribution >= 0.6 is 22.7 Å². The van der Waals surface area contributed by atoms with Gasteiger partial charge in [-0.05, 0) is 103 Å². The van der Waals surface area contributed by atoms with Crippen molar-refractivity contribution < 1.29 is 28.7 Å². The molecule has 0 saturated carbocycles. The van der Waals surface area contributed by atoms with E-state index in [1.165, 1.54) is 22.7 Å². The number of hydrogen-bond donors (Lipinski definition) is 2. The topological polar surface area (TPSA) is 111 Å². The largest absolute Gasteiger partial charge is 0.459 e. The molecule has 40 heavy (non-hydrogen) atoms. The molecule has 0 fully saturated rings. The van der Waals surface area contributed by atoms with Gasteiger partial charge in [0, 0.05) is 22.6 Å². The molecule has 2 aromatic rings. The van der Waals surface area contributed by atoms with Crippen LogP contribution in [0.3, 0.4) is 0 Å². The Labute approximate surface area is 244 Å². The zero-order valence-electron chi connectivity index (χ0n) is 23.9. The Balaban J connectivity index is 1.31. The van der Waals surface area contributed by atoms with E-state index in [1.807, 2.05) is 27.7 Å². The molecular weight excluding hydrogens is 548 g/mol. The van der Waals surface area contributed by atoms with Crippen LogP contribution in [0.5, 0.6) is 0 Å². The van der Waals surface area contributed by atoms with Crippen molar-refractivity contribution in [1.82, 2.24) is 0 Å². The molecule has 8 nitrogen and oxygen atoms in total. The molecule has 2 amide bonds. The van der Waals surface area contributed by atoms with Crippen molar-refractivity contribution in [3.8, 4) is 0 Å². The number of hydrogen-bond acceptors (Lipinski definition) is 8. The molecule has 0 saturated heterocycles. The predicted octanol–water partition coefficient (Wildman–Crippen LogP) is 6.84. The minimum atomic E-state index is -0.381. The van der Waals surface area contributed by atoms with Crippen LogP contribution in [0.25, 0.3) is 0 Å². The highest BCUT2D eigenvalue weighted by atomic mass is 32.1. The molecule has 2 N–H and O–H groups in total. The second-order valence-corrected chi connectivity index (χ2v) is 13.3. The summed E-state index contributed by atoms with van der Waals surface area (Å²) in [7, 11) is 0. The summed E-state index contributed by atoms with van der Waals surface area (Å²) in [6, 6.07) is 0. The standard InChI is InChI=1S/C30H40N2O6S2/c1-17(2)37-29(35)25-19-11-5-7-13-21(19)39-27(25)31-23(33)15-9-10-16-24(34)32-28-26(30(36)38-18(3)4)20-12-6-8-14-22(20)40-28/h17-18H,5-16H2,1-4H3,(H,31,33)(H,32,34). The molecule has 0 radical (unpaired) electrons. The summed E-state index contributed by atoms with van der Waals surface area (Å²) in [5.41, 5.74) is 3.04. The summed E-state index contributed by atoms with van der Waals surface area (Å²) in [5, 5.41) is 7.03. The highest BCUT2D eigenvalue weighted by Gasteiger charge is 2.29. The Morgan fingerprint density at radius 3 is 1.40 bits per heavy atom. The van der Waals surface area contributed by atoms with Gasteiger partial charge in [0.2, 0.25) is 11.8 Å². The van der Waals surface area contributed by atoms with Gasteiger partial charge < -0.3 is 20.1 Å². The number of carbonyl (C=O) groups is 4. The number of nitrogens with one attached hydrogen (secondary N) is 2. The van der Waals surface area contributed by atoms with Gasteiger partial charge in [0.25, 0.3) is 0 Å². The van der Waals surface area contributed by atoms with Crippen LogP contribution in [0.1, 0.15) is 121 Å². The SMILES string of the molecule is CC(C)OC(=O)c1c(NC(=O)CCCCC(=O)Nc2sc3c(c2C(=O)OC(C)C)CCCC3)sc2c1CCCC2. The van der Waals surface area contributed by atoms with Crippen molar-refractivity contribution in [1.29, 1.82) is 0 Å². The Morgan fingerprint density at radius 1 is 0.650 bits per heavy atom. The van der Waals surface area contributed by atoms with Crippen LogP contribution in [-0.2, 0) is 44.7 Å². The quantitative estimate of drug-likeness (QED) is 0.220.